The van der Waals surface area contributed by atoms with Crippen molar-refractivity contribution in [2.45, 2.75) is 19.3 Å². The first kappa shape index (κ1) is 37.6. The molecular formula is C60H40N4S. The third-order valence-corrected chi connectivity index (χ3v) is 14.7. The average molecular weight is 849 g/mol. The van der Waals surface area contributed by atoms with Crippen LogP contribution in [-0.4, -0.2) is 19.5 Å². The van der Waals surface area contributed by atoms with Gasteiger partial charge in [-0.1, -0.05) is 172 Å². The molecule has 0 N–H and O–H groups in total. The average Bonchev–Trinajstić information content (AvgIpc) is 3.98. The molecule has 1 aliphatic carbocycles. The molecule has 0 saturated carbocycles. The summed E-state index contributed by atoms with van der Waals surface area (Å²) in [6.07, 6.45) is 0. The smallest absolute Gasteiger partial charge is 0.165 e. The summed E-state index contributed by atoms with van der Waals surface area (Å²) < 4.78 is 4.85. The Morgan fingerprint density at radius 1 is 0.369 bits per heavy atom. The fourth-order valence-electron chi connectivity index (χ4n) is 10.3. The molecular weight excluding hydrogens is 809 g/mol. The number of hydrogen-bond donors (Lipinski definition) is 0. The van der Waals surface area contributed by atoms with Gasteiger partial charge in [-0.15, -0.1) is 11.3 Å². The van der Waals surface area contributed by atoms with Gasteiger partial charge < -0.3 is 4.57 Å². The minimum Gasteiger partial charge on any atom is -0.309 e. The molecule has 3 aromatic heterocycles. The molecule has 0 fully saturated rings. The van der Waals surface area contributed by atoms with Crippen LogP contribution in [0.1, 0.15) is 25.0 Å². The topological polar surface area (TPSA) is 43.6 Å². The molecule has 9 aromatic carbocycles. The van der Waals surface area contributed by atoms with Gasteiger partial charge in [-0.2, -0.15) is 0 Å². The Balaban J connectivity index is 1.04. The number of thiophene rings is 1. The van der Waals surface area contributed by atoms with E-state index in [2.05, 4.69) is 188 Å². The van der Waals surface area contributed by atoms with Gasteiger partial charge >= 0.3 is 0 Å². The van der Waals surface area contributed by atoms with Gasteiger partial charge in [-0.05, 0) is 93.0 Å². The fourth-order valence-corrected chi connectivity index (χ4v) is 11.5. The van der Waals surface area contributed by atoms with Gasteiger partial charge in [0.1, 0.15) is 0 Å². The molecule has 306 valence electrons. The molecule has 13 rings (SSSR count). The normalized spacial score (nSPS) is 12.9. The van der Waals surface area contributed by atoms with Gasteiger partial charge in [0.2, 0.25) is 0 Å². The first-order valence-corrected chi connectivity index (χ1v) is 23.0. The third kappa shape index (κ3) is 5.93. The molecule has 0 bridgehead atoms. The molecule has 0 radical (unpaired) electrons. The van der Waals surface area contributed by atoms with Gasteiger partial charge in [-0.3, -0.25) is 0 Å². The first-order valence-electron chi connectivity index (χ1n) is 22.2. The summed E-state index contributed by atoms with van der Waals surface area (Å²) in [6, 6.07) is 74.3. The van der Waals surface area contributed by atoms with Crippen LogP contribution in [0.4, 0.5) is 0 Å². The molecule has 0 spiro atoms. The SMILES string of the molecule is CC1(C)c2ccccc2-c2cc3c4ccc(-c5ccccc5-c5cc(-c6nc(-c7ccccc7)nc(-c7ccccc7)n6)c6sc7ccccc7c6c5)cc4n(-c4ccccc4)c3cc21. The molecule has 0 atom stereocenters. The molecule has 5 heteroatoms. The molecule has 4 nitrogen and oxygen atoms in total. The summed E-state index contributed by atoms with van der Waals surface area (Å²) >= 11 is 1.79. The molecule has 3 heterocycles. The van der Waals surface area contributed by atoms with E-state index in [9.17, 15) is 0 Å². The van der Waals surface area contributed by atoms with E-state index in [1.807, 2.05) is 36.4 Å². The molecule has 0 unspecified atom stereocenters. The summed E-state index contributed by atoms with van der Waals surface area (Å²) in [5, 5.41) is 4.91. The van der Waals surface area contributed by atoms with E-state index in [0.717, 1.165) is 49.3 Å². The van der Waals surface area contributed by atoms with Crippen molar-refractivity contribution < 1.29 is 0 Å². The lowest BCUT2D eigenvalue weighted by atomic mass is 9.82. The zero-order valence-corrected chi connectivity index (χ0v) is 36.6. The molecule has 0 aliphatic heterocycles. The summed E-state index contributed by atoms with van der Waals surface area (Å²) in [6.45, 7) is 4.72. The van der Waals surface area contributed by atoms with Crippen molar-refractivity contribution in [3.63, 3.8) is 0 Å². The van der Waals surface area contributed by atoms with E-state index in [-0.39, 0.29) is 5.41 Å². The largest absolute Gasteiger partial charge is 0.309 e. The van der Waals surface area contributed by atoms with E-state index in [0.29, 0.717) is 17.5 Å². The lowest BCUT2D eigenvalue weighted by molar-refractivity contribution is 0.661. The number of aromatic nitrogens is 4. The van der Waals surface area contributed by atoms with Crippen molar-refractivity contribution in [3.8, 4) is 73.2 Å². The van der Waals surface area contributed by atoms with Crippen molar-refractivity contribution in [2.75, 3.05) is 0 Å². The number of benzene rings is 9. The van der Waals surface area contributed by atoms with E-state index < -0.39 is 0 Å². The Morgan fingerprint density at radius 3 is 1.68 bits per heavy atom. The number of hydrogen-bond acceptors (Lipinski definition) is 4. The lowest BCUT2D eigenvalue weighted by Gasteiger charge is -2.21. The Bertz CT molecular complexity index is 3790. The van der Waals surface area contributed by atoms with E-state index in [1.54, 1.807) is 11.3 Å². The molecule has 0 saturated heterocycles. The summed E-state index contributed by atoms with van der Waals surface area (Å²) in [5.41, 5.74) is 16.3. The molecule has 12 aromatic rings. The minimum absolute atomic E-state index is 0.108. The maximum Gasteiger partial charge on any atom is 0.165 e. The highest BCUT2D eigenvalue weighted by Crippen LogP contribution is 2.51. The van der Waals surface area contributed by atoms with Gasteiger partial charge in [0.05, 0.1) is 11.0 Å². The van der Waals surface area contributed by atoms with Crippen LogP contribution in [0, 0.1) is 0 Å². The van der Waals surface area contributed by atoms with Crippen molar-refractivity contribution in [2.24, 2.45) is 0 Å². The molecule has 65 heavy (non-hydrogen) atoms. The van der Waals surface area contributed by atoms with Crippen LogP contribution in [0.15, 0.2) is 206 Å². The van der Waals surface area contributed by atoms with Gasteiger partial charge in [-0.25, -0.2) is 15.0 Å². The number of nitrogens with zero attached hydrogens (tertiary/aromatic N) is 4. The van der Waals surface area contributed by atoms with E-state index >= 15 is 0 Å². The zero-order valence-electron chi connectivity index (χ0n) is 35.8. The van der Waals surface area contributed by atoms with E-state index in [4.69, 9.17) is 15.0 Å². The zero-order chi connectivity index (χ0) is 43.2. The van der Waals surface area contributed by atoms with Crippen molar-refractivity contribution >= 4 is 53.3 Å². The number of para-hydroxylation sites is 1. The van der Waals surface area contributed by atoms with Crippen molar-refractivity contribution in [3.05, 3.63) is 217 Å². The van der Waals surface area contributed by atoms with Crippen LogP contribution in [-0.2, 0) is 5.41 Å². The Hall–Kier alpha value is -7.99. The van der Waals surface area contributed by atoms with Gasteiger partial charge in [0, 0.05) is 58.7 Å². The van der Waals surface area contributed by atoms with Gasteiger partial charge in [0.25, 0.3) is 0 Å². The highest BCUT2D eigenvalue weighted by Gasteiger charge is 2.36. The van der Waals surface area contributed by atoms with Crippen LogP contribution in [0.5, 0.6) is 0 Å². The number of fused-ring (bicyclic) bond motifs is 9. The predicted octanol–water partition coefficient (Wildman–Crippen LogP) is 16.0. The highest BCUT2D eigenvalue weighted by atomic mass is 32.1. The Kier molecular flexibility index (Phi) is 8.39. The lowest BCUT2D eigenvalue weighted by Crippen LogP contribution is -2.14. The standard InChI is InChI=1S/C60H40N4S/c1-60(2)51-28-16-14-26-44(51)47-35-48-45-31-30-39(34-53(45)64(54(48)36-52(47)60)41-22-10-5-11-23-41)42-24-12-13-25-43(42)40-32-49-46-27-15-17-29-55(46)65-56(49)50(33-40)59-62-57(37-18-6-3-7-19-37)61-58(63-59)38-20-8-4-9-21-38/h3-36H,1-2H3. The third-order valence-electron chi connectivity index (χ3n) is 13.5. The Labute approximate surface area is 380 Å². The minimum atomic E-state index is -0.108. The van der Waals surface area contributed by atoms with Crippen LogP contribution in [0.25, 0.3) is 115 Å². The summed E-state index contributed by atoms with van der Waals surface area (Å²) in [4.78, 5) is 15.5. The number of rotatable bonds is 6. The van der Waals surface area contributed by atoms with E-state index in [1.165, 1.54) is 59.5 Å². The maximum absolute atomic E-state index is 5.25. The van der Waals surface area contributed by atoms with Crippen LogP contribution in [0.3, 0.4) is 0 Å². The summed E-state index contributed by atoms with van der Waals surface area (Å²) in [5.74, 6) is 1.95. The second-order valence-corrected chi connectivity index (χ2v) is 18.6. The van der Waals surface area contributed by atoms with Gasteiger partial charge in [0.15, 0.2) is 17.5 Å². The maximum atomic E-state index is 5.25. The highest BCUT2D eigenvalue weighted by molar-refractivity contribution is 7.26. The predicted molar refractivity (Wildman–Crippen MR) is 272 cm³/mol. The second-order valence-electron chi connectivity index (χ2n) is 17.6. The van der Waals surface area contributed by atoms with Crippen molar-refractivity contribution in [1.29, 1.82) is 0 Å². The molecule has 1 aliphatic rings. The van der Waals surface area contributed by atoms with Crippen LogP contribution < -0.4 is 0 Å². The fraction of sp³-hybridized carbons (Fsp3) is 0.0500. The second kappa shape index (κ2) is 14.5. The van der Waals surface area contributed by atoms with Crippen LogP contribution >= 0.6 is 11.3 Å². The Morgan fingerprint density at radius 2 is 0.954 bits per heavy atom. The monoisotopic (exact) mass is 848 g/mol. The quantitative estimate of drug-likeness (QED) is 0.167. The van der Waals surface area contributed by atoms with Crippen LogP contribution in [0.2, 0.25) is 0 Å². The first-order chi connectivity index (χ1) is 32.0. The van der Waals surface area contributed by atoms with Crippen molar-refractivity contribution in [1.82, 2.24) is 19.5 Å². The molecule has 0 amide bonds. The summed E-state index contributed by atoms with van der Waals surface area (Å²) in [7, 11) is 0.